The normalized spacial score (nSPS) is 13.3. The van der Waals surface area contributed by atoms with Crippen molar-refractivity contribution < 1.29 is 19.5 Å². The van der Waals surface area contributed by atoms with Gasteiger partial charge < -0.3 is 14.6 Å². The summed E-state index contributed by atoms with van der Waals surface area (Å²) in [5.74, 6) is -0.0237. The number of hydrogen-bond acceptors (Lipinski definition) is 5. The number of rotatable bonds is 6. The largest absolute Gasteiger partial charge is 0.508 e. The molecule has 6 heteroatoms. The smallest absolute Gasteiger partial charge is 0.270 e. The Labute approximate surface area is 112 Å². The molecule has 0 fully saturated rings. The van der Waals surface area contributed by atoms with Crippen LogP contribution in [0.25, 0.3) is 0 Å². The molecule has 1 atom stereocenters. The molecule has 6 nitrogen and oxygen atoms in total. The van der Waals surface area contributed by atoms with Crippen molar-refractivity contribution in [2.45, 2.75) is 32.0 Å². The molecular formula is C13H19NO5. The van der Waals surface area contributed by atoms with Crippen molar-refractivity contribution >= 4 is 5.69 Å². The first-order chi connectivity index (χ1) is 8.80. The van der Waals surface area contributed by atoms with Crippen LogP contribution in [0.5, 0.6) is 5.75 Å². The minimum Gasteiger partial charge on any atom is -0.508 e. The fourth-order valence-electron chi connectivity index (χ4n) is 1.76. The summed E-state index contributed by atoms with van der Waals surface area (Å²) in [6.07, 6.45) is -0.01000. The van der Waals surface area contributed by atoms with Crippen LogP contribution in [0.15, 0.2) is 18.2 Å². The van der Waals surface area contributed by atoms with Gasteiger partial charge in [0.2, 0.25) is 0 Å². The number of hydrogen-bond donors (Lipinski definition) is 1. The Morgan fingerprint density at radius 1 is 1.42 bits per heavy atom. The summed E-state index contributed by atoms with van der Waals surface area (Å²) in [6, 6.07) is 3.89. The fourth-order valence-corrected chi connectivity index (χ4v) is 1.76. The summed E-state index contributed by atoms with van der Waals surface area (Å²) in [5, 5.41) is 20.6. The summed E-state index contributed by atoms with van der Waals surface area (Å²) in [5.41, 5.74) is -0.149. The van der Waals surface area contributed by atoms with E-state index in [1.54, 1.807) is 7.11 Å². The first-order valence-corrected chi connectivity index (χ1v) is 5.86. The molecule has 0 aliphatic rings. The minimum absolute atomic E-state index is 0.0237. The number of nitro benzene ring substituents is 1. The van der Waals surface area contributed by atoms with Gasteiger partial charge in [-0.15, -0.1) is 0 Å². The fraction of sp³-hybridized carbons (Fsp3) is 0.538. The summed E-state index contributed by atoms with van der Waals surface area (Å²) >= 11 is 0. The topological polar surface area (TPSA) is 81.8 Å². The Kier molecular flexibility index (Phi) is 4.85. The third-order valence-corrected chi connectivity index (χ3v) is 3.08. The number of nitro groups is 1. The second-order valence-corrected chi connectivity index (χ2v) is 4.89. The van der Waals surface area contributed by atoms with Crippen molar-refractivity contribution in [3.63, 3.8) is 0 Å². The summed E-state index contributed by atoms with van der Waals surface area (Å²) < 4.78 is 10.6. The highest BCUT2D eigenvalue weighted by Crippen LogP contribution is 2.35. The second kappa shape index (κ2) is 5.99. The van der Waals surface area contributed by atoms with Gasteiger partial charge in [-0.3, -0.25) is 10.1 Å². The molecule has 1 rings (SSSR count). The van der Waals surface area contributed by atoms with E-state index < -0.39 is 16.6 Å². The standard InChI is InChI=1S/C13H19NO5/c1-13(2,19-4)8-12(18-3)10-7-9(14(16)17)5-6-11(10)15/h5-7,12,15H,8H2,1-4H3. The van der Waals surface area contributed by atoms with E-state index in [2.05, 4.69) is 0 Å². The van der Waals surface area contributed by atoms with Gasteiger partial charge >= 0.3 is 0 Å². The quantitative estimate of drug-likeness (QED) is 0.634. The first kappa shape index (κ1) is 15.4. The zero-order valence-corrected chi connectivity index (χ0v) is 11.5. The van der Waals surface area contributed by atoms with Crippen molar-refractivity contribution in [3.05, 3.63) is 33.9 Å². The summed E-state index contributed by atoms with van der Waals surface area (Å²) in [4.78, 5) is 10.3. The summed E-state index contributed by atoms with van der Waals surface area (Å²) in [7, 11) is 3.08. The lowest BCUT2D eigenvalue weighted by molar-refractivity contribution is -0.385. The highest BCUT2D eigenvalue weighted by Gasteiger charge is 2.27. The molecule has 0 spiro atoms. The Morgan fingerprint density at radius 2 is 2.05 bits per heavy atom. The molecule has 1 unspecified atom stereocenters. The maximum absolute atomic E-state index is 10.8. The molecule has 1 N–H and O–H groups in total. The Bertz CT molecular complexity index is 458. The number of non-ortho nitro benzene ring substituents is 1. The van der Waals surface area contributed by atoms with Crippen molar-refractivity contribution in [2.75, 3.05) is 14.2 Å². The van der Waals surface area contributed by atoms with Gasteiger partial charge in [0.1, 0.15) is 5.75 Å². The third-order valence-electron chi connectivity index (χ3n) is 3.08. The van der Waals surface area contributed by atoms with Crippen LogP contribution >= 0.6 is 0 Å². The lowest BCUT2D eigenvalue weighted by Gasteiger charge is -2.28. The number of phenols is 1. The maximum Gasteiger partial charge on any atom is 0.270 e. The van der Waals surface area contributed by atoms with Gasteiger partial charge in [0.15, 0.2) is 0 Å². The van der Waals surface area contributed by atoms with E-state index in [0.717, 1.165) is 0 Å². The molecule has 0 aliphatic carbocycles. The number of phenolic OH excluding ortho intramolecular Hbond substituents is 1. The van der Waals surface area contributed by atoms with E-state index in [1.807, 2.05) is 13.8 Å². The molecule has 106 valence electrons. The van der Waals surface area contributed by atoms with Crippen molar-refractivity contribution in [1.29, 1.82) is 0 Å². The van der Waals surface area contributed by atoms with Crippen LogP contribution in [-0.2, 0) is 9.47 Å². The van der Waals surface area contributed by atoms with E-state index in [1.165, 1.54) is 25.3 Å². The van der Waals surface area contributed by atoms with E-state index in [4.69, 9.17) is 9.47 Å². The van der Waals surface area contributed by atoms with Crippen LogP contribution in [-0.4, -0.2) is 29.9 Å². The van der Waals surface area contributed by atoms with Gasteiger partial charge in [0.25, 0.3) is 5.69 Å². The molecule has 1 aromatic rings. The van der Waals surface area contributed by atoms with Crippen molar-refractivity contribution in [2.24, 2.45) is 0 Å². The van der Waals surface area contributed by atoms with E-state index in [0.29, 0.717) is 12.0 Å². The van der Waals surface area contributed by atoms with Gasteiger partial charge in [-0.05, 0) is 19.9 Å². The molecule has 0 saturated heterocycles. The number of aromatic hydroxyl groups is 1. The average Bonchev–Trinajstić information content (AvgIpc) is 2.36. The van der Waals surface area contributed by atoms with E-state index in [9.17, 15) is 15.2 Å². The predicted molar refractivity (Wildman–Crippen MR) is 70.2 cm³/mol. The van der Waals surface area contributed by atoms with Crippen LogP contribution in [0.1, 0.15) is 31.9 Å². The molecule has 0 amide bonds. The maximum atomic E-state index is 10.8. The first-order valence-electron chi connectivity index (χ1n) is 5.86. The molecular weight excluding hydrogens is 250 g/mol. The molecule has 0 bridgehead atoms. The number of benzene rings is 1. The second-order valence-electron chi connectivity index (χ2n) is 4.89. The van der Waals surface area contributed by atoms with Crippen LogP contribution in [0.3, 0.4) is 0 Å². The van der Waals surface area contributed by atoms with Crippen LogP contribution in [0.2, 0.25) is 0 Å². The predicted octanol–water partition coefficient (Wildman–Crippen LogP) is 2.80. The van der Waals surface area contributed by atoms with Gasteiger partial charge in [-0.2, -0.15) is 0 Å². The van der Waals surface area contributed by atoms with Crippen LogP contribution < -0.4 is 0 Å². The molecule has 0 saturated carbocycles. The number of methoxy groups -OCH3 is 2. The Morgan fingerprint density at radius 3 is 2.53 bits per heavy atom. The van der Waals surface area contributed by atoms with Gasteiger partial charge in [0, 0.05) is 38.3 Å². The Balaban J connectivity index is 3.10. The van der Waals surface area contributed by atoms with Crippen LogP contribution in [0.4, 0.5) is 5.69 Å². The lowest BCUT2D eigenvalue weighted by atomic mass is 9.95. The third kappa shape index (κ3) is 3.90. The molecule has 19 heavy (non-hydrogen) atoms. The van der Waals surface area contributed by atoms with Crippen molar-refractivity contribution in [1.82, 2.24) is 0 Å². The number of ether oxygens (including phenoxy) is 2. The molecule has 0 aliphatic heterocycles. The monoisotopic (exact) mass is 269 g/mol. The Hall–Kier alpha value is -1.66. The van der Waals surface area contributed by atoms with Gasteiger partial charge in [0.05, 0.1) is 16.6 Å². The number of nitrogens with zero attached hydrogens (tertiary/aromatic N) is 1. The molecule has 0 heterocycles. The summed E-state index contributed by atoms with van der Waals surface area (Å²) in [6.45, 7) is 3.76. The van der Waals surface area contributed by atoms with Gasteiger partial charge in [-0.1, -0.05) is 0 Å². The lowest BCUT2D eigenvalue weighted by Crippen LogP contribution is -2.26. The zero-order chi connectivity index (χ0) is 14.6. The highest BCUT2D eigenvalue weighted by molar-refractivity contribution is 5.44. The highest BCUT2D eigenvalue weighted by atomic mass is 16.6. The average molecular weight is 269 g/mol. The van der Waals surface area contributed by atoms with Gasteiger partial charge in [-0.25, -0.2) is 0 Å². The zero-order valence-electron chi connectivity index (χ0n) is 11.5. The molecule has 0 aromatic heterocycles. The molecule has 0 radical (unpaired) electrons. The molecule has 1 aromatic carbocycles. The minimum atomic E-state index is -0.503. The van der Waals surface area contributed by atoms with Crippen molar-refractivity contribution in [3.8, 4) is 5.75 Å². The van der Waals surface area contributed by atoms with Crippen LogP contribution in [0, 0.1) is 10.1 Å². The van der Waals surface area contributed by atoms with E-state index in [-0.39, 0.29) is 11.4 Å². The SMILES string of the molecule is COC(CC(C)(C)OC)c1cc([N+](=O)[O-])ccc1O. The van der Waals surface area contributed by atoms with E-state index >= 15 is 0 Å².